The van der Waals surface area contributed by atoms with Gasteiger partial charge in [0.05, 0.1) is 5.41 Å². The topological polar surface area (TPSA) is 58.2 Å². The first-order chi connectivity index (χ1) is 13.6. The van der Waals surface area contributed by atoms with Crippen LogP contribution in [0.25, 0.3) is 0 Å². The molecule has 0 aliphatic heterocycles. The molecule has 2 saturated carbocycles. The van der Waals surface area contributed by atoms with E-state index in [-0.39, 0.29) is 17.2 Å². The number of nitrogens with one attached hydrogen (secondary N) is 2. The van der Waals surface area contributed by atoms with Crippen LogP contribution in [0.1, 0.15) is 60.9 Å². The van der Waals surface area contributed by atoms with Crippen molar-refractivity contribution < 1.29 is 9.59 Å². The van der Waals surface area contributed by atoms with Gasteiger partial charge in [-0.25, -0.2) is 0 Å². The summed E-state index contributed by atoms with van der Waals surface area (Å²) < 4.78 is 0. The molecule has 0 unspecified atom stereocenters. The quantitative estimate of drug-likeness (QED) is 0.740. The molecule has 4 nitrogen and oxygen atoms in total. The second kappa shape index (κ2) is 7.96. The van der Waals surface area contributed by atoms with Crippen LogP contribution in [0.5, 0.6) is 0 Å². The van der Waals surface area contributed by atoms with Crippen LogP contribution in [0.2, 0.25) is 5.02 Å². The van der Waals surface area contributed by atoms with E-state index in [0.717, 1.165) is 31.2 Å². The highest BCUT2D eigenvalue weighted by Crippen LogP contribution is 2.48. The molecule has 2 amide bonds. The molecule has 28 heavy (non-hydrogen) atoms. The molecule has 2 N–H and O–H groups in total. The van der Waals surface area contributed by atoms with Crippen molar-refractivity contribution in [1.82, 2.24) is 5.32 Å². The minimum atomic E-state index is -0.382. The number of anilines is 1. The zero-order valence-corrected chi connectivity index (χ0v) is 16.6. The van der Waals surface area contributed by atoms with Crippen LogP contribution in [0.3, 0.4) is 0 Å². The third kappa shape index (κ3) is 4.07. The third-order valence-corrected chi connectivity index (χ3v) is 6.14. The molecule has 2 aromatic carbocycles. The van der Waals surface area contributed by atoms with Crippen LogP contribution in [-0.2, 0) is 10.2 Å². The maximum atomic E-state index is 12.9. The first kappa shape index (κ1) is 19.0. The Bertz CT molecular complexity index is 868. The van der Waals surface area contributed by atoms with E-state index in [9.17, 15) is 9.59 Å². The molecule has 0 heterocycles. The molecule has 0 radical (unpaired) electrons. The Balaban J connectivity index is 1.41. The predicted octanol–water partition coefficient (Wildman–Crippen LogP) is 5.07. The summed E-state index contributed by atoms with van der Waals surface area (Å²) in [6, 6.07) is 14.8. The lowest BCUT2D eigenvalue weighted by Gasteiger charge is -2.25. The molecule has 5 heteroatoms. The van der Waals surface area contributed by atoms with E-state index >= 15 is 0 Å². The summed E-state index contributed by atoms with van der Waals surface area (Å²) in [6.07, 6.45) is 7.66. The van der Waals surface area contributed by atoms with E-state index in [1.165, 1.54) is 19.3 Å². The molecular formula is C23H25ClN2O2. The summed E-state index contributed by atoms with van der Waals surface area (Å²) in [5, 5.41) is 6.68. The number of carbonyl (C=O) groups is 2. The summed E-state index contributed by atoms with van der Waals surface area (Å²) >= 11 is 5.95. The fraction of sp³-hybridized carbons (Fsp3) is 0.391. The van der Waals surface area contributed by atoms with Crippen LogP contribution in [-0.4, -0.2) is 17.9 Å². The van der Waals surface area contributed by atoms with E-state index in [4.69, 9.17) is 11.6 Å². The van der Waals surface area contributed by atoms with Crippen LogP contribution in [0, 0.1) is 0 Å². The van der Waals surface area contributed by atoms with Gasteiger partial charge in [-0.3, -0.25) is 9.59 Å². The molecule has 2 aromatic rings. The number of hydrogen-bond donors (Lipinski definition) is 2. The van der Waals surface area contributed by atoms with E-state index in [2.05, 4.69) is 10.6 Å². The summed E-state index contributed by atoms with van der Waals surface area (Å²) in [6.45, 7) is 0. The van der Waals surface area contributed by atoms with Crippen LogP contribution in [0.4, 0.5) is 5.69 Å². The minimum absolute atomic E-state index is 0.162. The van der Waals surface area contributed by atoms with Crippen molar-refractivity contribution in [2.45, 2.75) is 56.4 Å². The van der Waals surface area contributed by atoms with Crippen molar-refractivity contribution >= 4 is 29.1 Å². The van der Waals surface area contributed by atoms with Gasteiger partial charge in [0.25, 0.3) is 5.91 Å². The van der Waals surface area contributed by atoms with Gasteiger partial charge in [0.1, 0.15) is 0 Å². The molecule has 2 aliphatic rings. The molecule has 4 rings (SSSR count). The molecule has 2 fully saturated rings. The number of rotatable bonds is 5. The average molecular weight is 397 g/mol. The van der Waals surface area contributed by atoms with Gasteiger partial charge in [0.2, 0.25) is 5.91 Å². The molecule has 2 aliphatic carbocycles. The van der Waals surface area contributed by atoms with Gasteiger partial charge >= 0.3 is 0 Å². The Kier molecular flexibility index (Phi) is 5.40. The van der Waals surface area contributed by atoms with Gasteiger partial charge in [0.15, 0.2) is 0 Å². The zero-order valence-electron chi connectivity index (χ0n) is 15.8. The lowest BCUT2D eigenvalue weighted by Crippen LogP contribution is -2.42. The highest BCUT2D eigenvalue weighted by Gasteiger charge is 2.51. The van der Waals surface area contributed by atoms with Crippen molar-refractivity contribution in [3.63, 3.8) is 0 Å². The normalized spacial score (nSPS) is 18.3. The Hall–Kier alpha value is -2.33. The van der Waals surface area contributed by atoms with E-state index in [1.807, 2.05) is 24.3 Å². The largest absolute Gasteiger partial charge is 0.353 e. The molecule has 0 atom stereocenters. The van der Waals surface area contributed by atoms with Gasteiger partial charge in [-0.05, 0) is 61.6 Å². The average Bonchev–Trinajstić information content (AvgIpc) is 3.51. The summed E-state index contributed by atoms with van der Waals surface area (Å²) in [5.41, 5.74) is 1.87. The lowest BCUT2D eigenvalue weighted by atomic mass is 9.91. The monoisotopic (exact) mass is 396 g/mol. The first-order valence-electron chi connectivity index (χ1n) is 10.1. The zero-order chi connectivity index (χ0) is 19.6. The standard InChI is InChI=1S/C23H25ClN2O2/c24-18-6-4-5-16(15-18)21(27)25-20-11-9-17(10-12-20)23(13-14-23)22(28)26-19-7-2-1-3-8-19/h4-6,9-12,15,19H,1-3,7-8,13-14H2,(H,25,27)(H,26,28). The second-order valence-electron chi connectivity index (χ2n) is 7.93. The van der Waals surface area contributed by atoms with Gasteiger partial charge in [0, 0.05) is 22.3 Å². The predicted molar refractivity (Wildman–Crippen MR) is 112 cm³/mol. The van der Waals surface area contributed by atoms with Crippen LogP contribution in [0.15, 0.2) is 48.5 Å². The number of hydrogen-bond acceptors (Lipinski definition) is 2. The van der Waals surface area contributed by atoms with E-state index < -0.39 is 0 Å². The van der Waals surface area contributed by atoms with Crippen molar-refractivity contribution in [1.29, 1.82) is 0 Å². The second-order valence-corrected chi connectivity index (χ2v) is 8.37. The lowest BCUT2D eigenvalue weighted by molar-refractivity contribution is -0.124. The molecule has 0 saturated heterocycles. The van der Waals surface area contributed by atoms with Crippen molar-refractivity contribution in [3.05, 3.63) is 64.7 Å². The Morgan fingerprint density at radius 3 is 2.32 bits per heavy atom. The molecule has 0 aromatic heterocycles. The third-order valence-electron chi connectivity index (χ3n) is 5.91. The summed E-state index contributed by atoms with van der Waals surface area (Å²) in [4.78, 5) is 25.2. The van der Waals surface area contributed by atoms with Crippen molar-refractivity contribution in [2.24, 2.45) is 0 Å². The smallest absolute Gasteiger partial charge is 0.255 e. The molecule has 0 spiro atoms. The Labute approximate surface area is 170 Å². The highest BCUT2D eigenvalue weighted by molar-refractivity contribution is 6.31. The number of halogens is 1. The molecule has 146 valence electrons. The van der Waals surface area contributed by atoms with Gasteiger partial charge in [-0.2, -0.15) is 0 Å². The molecule has 0 bridgehead atoms. The summed E-state index contributed by atoms with van der Waals surface area (Å²) in [5.74, 6) is -0.0402. The minimum Gasteiger partial charge on any atom is -0.353 e. The number of benzene rings is 2. The van der Waals surface area contributed by atoms with Crippen molar-refractivity contribution in [2.75, 3.05) is 5.32 Å². The van der Waals surface area contributed by atoms with E-state index in [1.54, 1.807) is 24.3 Å². The highest BCUT2D eigenvalue weighted by atomic mass is 35.5. The maximum absolute atomic E-state index is 12.9. The van der Waals surface area contributed by atoms with E-state index in [0.29, 0.717) is 22.3 Å². The van der Waals surface area contributed by atoms with Crippen LogP contribution >= 0.6 is 11.6 Å². The fourth-order valence-corrected chi connectivity index (χ4v) is 4.24. The number of carbonyl (C=O) groups excluding carboxylic acids is 2. The summed E-state index contributed by atoms with van der Waals surface area (Å²) in [7, 11) is 0. The number of amides is 2. The first-order valence-corrected chi connectivity index (χ1v) is 10.4. The van der Waals surface area contributed by atoms with Crippen molar-refractivity contribution in [3.8, 4) is 0 Å². The Morgan fingerprint density at radius 1 is 0.964 bits per heavy atom. The molecular weight excluding hydrogens is 372 g/mol. The van der Waals surface area contributed by atoms with Gasteiger partial charge in [-0.15, -0.1) is 0 Å². The van der Waals surface area contributed by atoms with Gasteiger partial charge in [-0.1, -0.05) is 49.1 Å². The SMILES string of the molecule is O=C(Nc1ccc(C2(C(=O)NC3CCCCC3)CC2)cc1)c1cccc(Cl)c1. The maximum Gasteiger partial charge on any atom is 0.255 e. The van der Waals surface area contributed by atoms with Gasteiger partial charge < -0.3 is 10.6 Å². The van der Waals surface area contributed by atoms with Crippen LogP contribution < -0.4 is 10.6 Å². The fourth-order valence-electron chi connectivity index (χ4n) is 4.05. The Morgan fingerprint density at radius 2 is 1.68 bits per heavy atom.